The smallest absolute Gasteiger partial charge is 0.191 e. The van der Waals surface area contributed by atoms with Crippen LogP contribution in [0.25, 0.3) is 0 Å². The lowest BCUT2D eigenvalue weighted by atomic mass is 9.92. The molecule has 0 saturated carbocycles. The highest BCUT2D eigenvalue weighted by atomic mass is 32.1. The number of aliphatic imine (C=N–C) groups is 1. The molecule has 0 radical (unpaired) electrons. The summed E-state index contributed by atoms with van der Waals surface area (Å²) in [4.78, 5) is 14.3. The lowest BCUT2D eigenvalue weighted by molar-refractivity contribution is 0.00272. The number of ether oxygens (including phenoxy) is 1. The largest absolute Gasteiger partial charge is 0.379 e. The van der Waals surface area contributed by atoms with Gasteiger partial charge in [0, 0.05) is 64.2 Å². The van der Waals surface area contributed by atoms with E-state index in [-0.39, 0.29) is 0 Å². The minimum atomic E-state index is 0.518. The molecule has 2 N–H and O–H groups in total. The van der Waals surface area contributed by atoms with Gasteiger partial charge in [-0.25, -0.2) is 4.98 Å². The Morgan fingerprint density at radius 2 is 1.90 bits per heavy atom. The van der Waals surface area contributed by atoms with E-state index in [2.05, 4.69) is 44.7 Å². The van der Waals surface area contributed by atoms with Crippen LogP contribution in [0.4, 0.5) is 5.13 Å². The number of rotatable bonds is 10. The van der Waals surface area contributed by atoms with Crippen molar-refractivity contribution in [2.45, 2.75) is 52.0 Å². The summed E-state index contributed by atoms with van der Waals surface area (Å²) in [5, 5.41) is 10.4. The highest BCUT2D eigenvalue weighted by molar-refractivity contribution is 7.13. The number of aromatic nitrogens is 1. The summed E-state index contributed by atoms with van der Waals surface area (Å²) in [6, 6.07) is 0.518. The Bertz CT molecular complexity index is 635. The van der Waals surface area contributed by atoms with Crippen LogP contribution in [0.3, 0.4) is 0 Å². The van der Waals surface area contributed by atoms with Crippen LogP contribution in [0.15, 0.2) is 10.4 Å². The molecule has 2 saturated heterocycles. The number of nitrogens with one attached hydrogen (secondary N) is 2. The molecule has 1 atom stereocenters. The van der Waals surface area contributed by atoms with E-state index in [4.69, 9.17) is 9.72 Å². The molecule has 1 aromatic rings. The van der Waals surface area contributed by atoms with Gasteiger partial charge in [0.25, 0.3) is 0 Å². The van der Waals surface area contributed by atoms with Crippen LogP contribution in [0.5, 0.6) is 0 Å². The molecule has 170 valence electrons. The van der Waals surface area contributed by atoms with Crippen molar-refractivity contribution in [2.24, 2.45) is 10.9 Å². The molecule has 8 heteroatoms. The van der Waals surface area contributed by atoms with Gasteiger partial charge in [-0.1, -0.05) is 26.7 Å². The van der Waals surface area contributed by atoms with Crippen LogP contribution in [0, 0.1) is 5.92 Å². The van der Waals surface area contributed by atoms with Gasteiger partial charge in [-0.05, 0) is 18.8 Å². The fourth-order valence-corrected chi connectivity index (χ4v) is 5.45. The van der Waals surface area contributed by atoms with E-state index >= 15 is 0 Å². The average Bonchev–Trinajstić information content (AvgIpc) is 3.48. The molecule has 3 heterocycles. The number of hydrogen-bond acceptors (Lipinski definition) is 6. The second-order valence-corrected chi connectivity index (χ2v) is 9.07. The summed E-state index contributed by atoms with van der Waals surface area (Å²) in [6.45, 7) is 12.4. The Hall–Kier alpha value is -1.38. The molecule has 7 nitrogen and oxygen atoms in total. The van der Waals surface area contributed by atoms with E-state index in [1.807, 2.05) is 7.05 Å². The van der Waals surface area contributed by atoms with Gasteiger partial charge >= 0.3 is 0 Å². The summed E-state index contributed by atoms with van der Waals surface area (Å²) >= 11 is 1.77. The molecule has 0 bridgehead atoms. The van der Waals surface area contributed by atoms with E-state index in [9.17, 15) is 0 Å². The molecule has 0 aliphatic carbocycles. The summed E-state index contributed by atoms with van der Waals surface area (Å²) < 4.78 is 5.57. The fourth-order valence-electron chi connectivity index (χ4n) is 4.53. The van der Waals surface area contributed by atoms with Crippen LogP contribution in [-0.2, 0) is 11.2 Å². The first kappa shape index (κ1) is 23.3. The van der Waals surface area contributed by atoms with Crippen molar-refractivity contribution in [3.8, 4) is 0 Å². The molecule has 0 amide bonds. The standard InChI is InChI=1S/C22H40N6OS/c1-4-18(5-2)20(27-12-14-29-15-13-27)16-25-21(23-3)24-9-8-19-17-30-22(26-19)28-10-6-7-11-28/h17-18,20H,4-16H2,1-3H3,(H2,23,24,25). The highest BCUT2D eigenvalue weighted by Gasteiger charge is 2.27. The zero-order valence-electron chi connectivity index (χ0n) is 19.0. The number of guanidine groups is 1. The van der Waals surface area contributed by atoms with Crippen LogP contribution < -0.4 is 15.5 Å². The first-order valence-electron chi connectivity index (χ1n) is 11.7. The number of nitrogens with zero attached hydrogens (tertiary/aromatic N) is 4. The van der Waals surface area contributed by atoms with Crippen molar-refractivity contribution in [3.63, 3.8) is 0 Å². The lowest BCUT2D eigenvalue weighted by Crippen LogP contribution is -2.53. The Morgan fingerprint density at radius 3 is 2.57 bits per heavy atom. The number of morpholine rings is 1. The van der Waals surface area contributed by atoms with Crippen LogP contribution >= 0.6 is 11.3 Å². The third-order valence-electron chi connectivity index (χ3n) is 6.40. The van der Waals surface area contributed by atoms with Crippen LogP contribution in [-0.4, -0.2) is 81.4 Å². The minimum Gasteiger partial charge on any atom is -0.379 e. The van der Waals surface area contributed by atoms with E-state index in [0.717, 1.165) is 64.9 Å². The lowest BCUT2D eigenvalue weighted by Gasteiger charge is -2.39. The summed E-state index contributed by atoms with van der Waals surface area (Å²) in [6.07, 6.45) is 5.91. The molecule has 0 aromatic carbocycles. The van der Waals surface area contributed by atoms with E-state index in [0.29, 0.717) is 12.0 Å². The molecular formula is C22H40N6OS. The maximum atomic E-state index is 5.57. The Kier molecular flexibility index (Phi) is 9.68. The molecule has 2 aliphatic rings. The summed E-state index contributed by atoms with van der Waals surface area (Å²) in [7, 11) is 1.85. The maximum Gasteiger partial charge on any atom is 0.191 e. The van der Waals surface area contributed by atoms with Crippen molar-refractivity contribution < 1.29 is 4.74 Å². The number of thiazole rings is 1. The van der Waals surface area contributed by atoms with Gasteiger partial charge in [0.2, 0.25) is 0 Å². The Morgan fingerprint density at radius 1 is 1.17 bits per heavy atom. The zero-order chi connectivity index (χ0) is 21.2. The van der Waals surface area contributed by atoms with Gasteiger partial charge in [0.05, 0.1) is 18.9 Å². The molecule has 30 heavy (non-hydrogen) atoms. The average molecular weight is 437 g/mol. The maximum absolute atomic E-state index is 5.57. The van der Waals surface area contributed by atoms with Gasteiger partial charge < -0.3 is 20.3 Å². The van der Waals surface area contributed by atoms with Gasteiger partial charge in [-0.2, -0.15) is 0 Å². The molecular weight excluding hydrogens is 396 g/mol. The summed E-state index contributed by atoms with van der Waals surface area (Å²) in [5.41, 5.74) is 1.17. The fraction of sp³-hybridized carbons (Fsp3) is 0.818. The van der Waals surface area contributed by atoms with Crippen molar-refractivity contribution in [1.82, 2.24) is 20.5 Å². The molecule has 2 fully saturated rings. The minimum absolute atomic E-state index is 0.518. The predicted molar refractivity (Wildman–Crippen MR) is 127 cm³/mol. The van der Waals surface area contributed by atoms with Crippen LogP contribution in [0.1, 0.15) is 45.2 Å². The Labute approximate surface area is 186 Å². The quantitative estimate of drug-likeness (QED) is 0.434. The Balaban J connectivity index is 1.45. The third-order valence-corrected chi connectivity index (χ3v) is 7.35. The zero-order valence-corrected chi connectivity index (χ0v) is 19.8. The third kappa shape index (κ3) is 6.56. The normalized spacial score (nSPS) is 19.5. The molecule has 0 spiro atoms. The van der Waals surface area contributed by atoms with Crippen molar-refractivity contribution >= 4 is 22.4 Å². The topological polar surface area (TPSA) is 65.0 Å². The predicted octanol–water partition coefficient (Wildman–Crippen LogP) is 2.59. The number of hydrogen-bond donors (Lipinski definition) is 2. The van der Waals surface area contributed by atoms with Gasteiger partial charge in [0.15, 0.2) is 11.1 Å². The second-order valence-electron chi connectivity index (χ2n) is 8.24. The van der Waals surface area contributed by atoms with E-state index < -0.39 is 0 Å². The van der Waals surface area contributed by atoms with Gasteiger partial charge in [-0.15, -0.1) is 11.3 Å². The number of anilines is 1. The van der Waals surface area contributed by atoms with Gasteiger partial charge in [0.1, 0.15) is 0 Å². The molecule has 3 rings (SSSR count). The molecule has 2 aliphatic heterocycles. The molecule has 1 unspecified atom stereocenters. The van der Waals surface area contributed by atoms with Crippen molar-refractivity contribution in [3.05, 3.63) is 11.1 Å². The second kappa shape index (κ2) is 12.5. The molecule has 1 aromatic heterocycles. The monoisotopic (exact) mass is 436 g/mol. The first-order chi connectivity index (χ1) is 14.7. The van der Waals surface area contributed by atoms with Crippen molar-refractivity contribution in [2.75, 3.05) is 64.4 Å². The van der Waals surface area contributed by atoms with E-state index in [1.54, 1.807) is 11.3 Å². The first-order valence-corrected chi connectivity index (χ1v) is 12.6. The highest BCUT2D eigenvalue weighted by Crippen LogP contribution is 2.24. The SMILES string of the molecule is CCC(CC)C(CNC(=NC)NCCc1csc(N2CCCC2)n1)N1CCOCC1. The summed E-state index contributed by atoms with van der Waals surface area (Å²) in [5.74, 6) is 1.57. The van der Waals surface area contributed by atoms with Crippen LogP contribution in [0.2, 0.25) is 0 Å². The van der Waals surface area contributed by atoms with E-state index in [1.165, 1.54) is 36.5 Å². The van der Waals surface area contributed by atoms with Gasteiger partial charge in [-0.3, -0.25) is 9.89 Å². The van der Waals surface area contributed by atoms with Crippen molar-refractivity contribution in [1.29, 1.82) is 0 Å².